The number of aromatic hydroxyl groups is 1. The summed E-state index contributed by atoms with van der Waals surface area (Å²) >= 11 is 0. The van der Waals surface area contributed by atoms with E-state index in [4.69, 9.17) is 4.74 Å². The zero-order chi connectivity index (χ0) is 25.7. The predicted octanol–water partition coefficient (Wildman–Crippen LogP) is 3.64. The zero-order valence-corrected chi connectivity index (χ0v) is 20.6. The number of aliphatic hydroxyl groups is 1. The summed E-state index contributed by atoms with van der Waals surface area (Å²) in [6.45, 7) is 8.73. The lowest BCUT2D eigenvalue weighted by molar-refractivity contribution is -0.140. The van der Waals surface area contributed by atoms with Gasteiger partial charge in [-0.3, -0.25) is 9.59 Å². The lowest BCUT2D eigenvalue weighted by Gasteiger charge is -2.27. The van der Waals surface area contributed by atoms with Gasteiger partial charge in [0.1, 0.15) is 11.5 Å². The van der Waals surface area contributed by atoms with Gasteiger partial charge >= 0.3 is 5.97 Å². The number of nitrogens with zero attached hydrogens (tertiary/aromatic N) is 2. The highest BCUT2D eigenvalue weighted by Gasteiger charge is 2.46. The summed E-state index contributed by atoms with van der Waals surface area (Å²) in [7, 11) is 1.29. The largest absolute Gasteiger partial charge is 0.507 e. The standard InChI is InChI=1S/C27H32N2O6/c1-5-28(6-2)14-7-15-29-23(18-9-11-19(12-10-18)27(34)35-4)22(25(32)26(29)33)24(31)20-16-17(3)8-13-21(20)30/h8-13,16,23,30-31H,5-7,14-15H2,1-4H3/t23-/m1/s1. The van der Waals surface area contributed by atoms with Gasteiger partial charge in [0.2, 0.25) is 0 Å². The Balaban J connectivity index is 2.08. The van der Waals surface area contributed by atoms with Gasteiger partial charge in [0.15, 0.2) is 0 Å². The Bertz CT molecular complexity index is 1130. The van der Waals surface area contributed by atoms with E-state index < -0.39 is 29.5 Å². The van der Waals surface area contributed by atoms with Crippen LogP contribution in [0.25, 0.3) is 5.76 Å². The van der Waals surface area contributed by atoms with E-state index in [0.717, 1.165) is 25.2 Å². The average molecular weight is 481 g/mol. The molecule has 2 aromatic rings. The van der Waals surface area contributed by atoms with E-state index in [2.05, 4.69) is 18.7 Å². The number of hydrogen-bond acceptors (Lipinski definition) is 7. The summed E-state index contributed by atoms with van der Waals surface area (Å²) in [5.74, 6) is -2.65. The number of hydrogen-bond donors (Lipinski definition) is 2. The molecular formula is C27H32N2O6. The molecule has 0 aromatic heterocycles. The van der Waals surface area contributed by atoms with Gasteiger partial charge in [0.25, 0.3) is 11.7 Å². The molecule has 1 amide bonds. The molecule has 1 saturated heterocycles. The van der Waals surface area contributed by atoms with Gasteiger partial charge in [-0.2, -0.15) is 0 Å². The van der Waals surface area contributed by atoms with Crippen molar-refractivity contribution in [3.05, 3.63) is 70.3 Å². The molecule has 0 saturated carbocycles. The summed E-state index contributed by atoms with van der Waals surface area (Å²) in [5, 5.41) is 21.5. The first-order valence-corrected chi connectivity index (χ1v) is 11.7. The van der Waals surface area contributed by atoms with Crippen molar-refractivity contribution < 1.29 is 29.3 Å². The van der Waals surface area contributed by atoms with Crippen LogP contribution in [0.1, 0.15) is 53.4 Å². The third-order valence-electron chi connectivity index (χ3n) is 6.36. The number of likely N-dealkylation sites (tertiary alicyclic amines) is 1. The van der Waals surface area contributed by atoms with Crippen LogP contribution >= 0.6 is 0 Å². The number of phenolic OH excluding ortho intramolecular Hbond substituents is 1. The molecule has 2 aromatic carbocycles. The Morgan fingerprint density at radius 1 is 1.09 bits per heavy atom. The Morgan fingerprint density at radius 2 is 1.74 bits per heavy atom. The van der Waals surface area contributed by atoms with E-state index in [-0.39, 0.29) is 16.9 Å². The maximum atomic E-state index is 13.2. The van der Waals surface area contributed by atoms with Crippen LogP contribution in [-0.4, -0.2) is 71.0 Å². The molecular weight excluding hydrogens is 448 g/mol. The molecule has 0 bridgehead atoms. The number of esters is 1. The van der Waals surface area contributed by atoms with E-state index in [1.54, 1.807) is 43.3 Å². The van der Waals surface area contributed by atoms with Crippen LogP contribution < -0.4 is 0 Å². The number of carbonyl (C=O) groups is 3. The second-order valence-electron chi connectivity index (χ2n) is 8.51. The van der Waals surface area contributed by atoms with Crippen LogP contribution in [0.3, 0.4) is 0 Å². The van der Waals surface area contributed by atoms with Gasteiger partial charge in [-0.05, 0) is 62.8 Å². The fourth-order valence-corrected chi connectivity index (χ4v) is 4.37. The smallest absolute Gasteiger partial charge is 0.337 e. The Labute approximate surface area is 205 Å². The molecule has 1 aliphatic rings. The highest BCUT2D eigenvalue weighted by Crippen LogP contribution is 2.41. The number of benzene rings is 2. The minimum absolute atomic E-state index is 0.0855. The third-order valence-corrected chi connectivity index (χ3v) is 6.36. The number of carbonyl (C=O) groups excluding carboxylic acids is 3. The van der Waals surface area contributed by atoms with Crippen molar-refractivity contribution in [2.75, 3.05) is 33.3 Å². The number of amides is 1. The summed E-state index contributed by atoms with van der Waals surface area (Å²) in [5.41, 5.74) is 1.66. The highest BCUT2D eigenvalue weighted by molar-refractivity contribution is 6.46. The molecule has 0 radical (unpaired) electrons. The first-order chi connectivity index (χ1) is 16.7. The number of phenols is 1. The molecule has 186 valence electrons. The van der Waals surface area contributed by atoms with E-state index in [1.807, 2.05) is 0 Å². The number of Topliss-reactive ketones (excluding diaryl/α,β-unsaturated/α-hetero) is 1. The second kappa shape index (κ2) is 11.2. The summed E-state index contributed by atoms with van der Waals surface area (Å²) in [4.78, 5) is 41.8. The number of methoxy groups -OCH3 is 1. The van der Waals surface area contributed by atoms with E-state index in [0.29, 0.717) is 24.1 Å². The highest BCUT2D eigenvalue weighted by atomic mass is 16.5. The minimum atomic E-state index is -0.863. The normalized spacial score (nSPS) is 17.3. The zero-order valence-electron chi connectivity index (χ0n) is 20.6. The minimum Gasteiger partial charge on any atom is -0.507 e. The van der Waals surface area contributed by atoms with Crippen molar-refractivity contribution in [3.63, 3.8) is 0 Å². The van der Waals surface area contributed by atoms with Crippen molar-refractivity contribution in [1.82, 2.24) is 9.80 Å². The van der Waals surface area contributed by atoms with Gasteiger partial charge in [0, 0.05) is 6.54 Å². The van der Waals surface area contributed by atoms with Gasteiger partial charge in [-0.1, -0.05) is 37.6 Å². The van der Waals surface area contributed by atoms with Crippen molar-refractivity contribution in [1.29, 1.82) is 0 Å². The molecule has 1 aliphatic heterocycles. The van der Waals surface area contributed by atoms with Crippen molar-refractivity contribution in [3.8, 4) is 5.75 Å². The molecule has 1 atom stereocenters. The van der Waals surface area contributed by atoms with Crippen LogP contribution in [0.15, 0.2) is 48.0 Å². The molecule has 8 nitrogen and oxygen atoms in total. The number of ether oxygens (including phenoxy) is 1. The lowest BCUT2D eigenvalue weighted by Crippen LogP contribution is -2.33. The van der Waals surface area contributed by atoms with Crippen LogP contribution in [0.2, 0.25) is 0 Å². The predicted molar refractivity (Wildman–Crippen MR) is 132 cm³/mol. The summed E-state index contributed by atoms with van der Waals surface area (Å²) < 4.78 is 4.76. The Kier molecular flexibility index (Phi) is 8.30. The number of aliphatic hydroxyl groups excluding tert-OH is 1. The lowest BCUT2D eigenvalue weighted by atomic mass is 9.94. The first kappa shape index (κ1) is 26.0. The number of ketones is 1. The fraction of sp³-hybridized carbons (Fsp3) is 0.370. The maximum Gasteiger partial charge on any atom is 0.337 e. The molecule has 0 unspecified atom stereocenters. The number of aryl methyl sites for hydroxylation is 1. The quantitative estimate of drug-likeness (QED) is 0.244. The molecule has 0 spiro atoms. The first-order valence-electron chi connectivity index (χ1n) is 11.7. The SMILES string of the molecule is CCN(CC)CCCN1C(=O)C(=O)C(=C(O)c2cc(C)ccc2O)[C@H]1c1ccc(C(=O)OC)cc1. The molecule has 1 heterocycles. The summed E-state index contributed by atoms with van der Waals surface area (Å²) in [6.07, 6.45) is 0.640. The van der Waals surface area contributed by atoms with Gasteiger partial charge < -0.3 is 24.7 Å². The third kappa shape index (κ3) is 5.38. The van der Waals surface area contributed by atoms with Crippen LogP contribution in [0, 0.1) is 6.92 Å². The van der Waals surface area contributed by atoms with E-state index >= 15 is 0 Å². The molecule has 2 N–H and O–H groups in total. The molecule has 35 heavy (non-hydrogen) atoms. The van der Waals surface area contributed by atoms with E-state index in [1.165, 1.54) is 18.1 Å². The second-order valence-corrected chi connectivity index (χ2v) is 8.51. The van der Waals surface area contributed by atoms with Crippen LogP contribution in [0.4, 0.5) is 0 Å². The van der Waals surface area contributed by atoms with Crippen LogP contribution in [-0.2, 0) is 14.3 Å². The van der Waals surface area contributed by atoms with Gasteiger partial charge in [-0.25, -0.2) is 4.79 Å². The van der Waals surface area contributed by atoms with Crippen molar-refractivity contribution >= 4 is 23.4 Å². The van der Waals surface area contributed by atoms with Gasteiger partial charge in [-0.15, -0.1) is 0 Å². The van der Waals surface area contributed by atoms with Crippen molar-refractivity contribution in [2.24, 2.45) is 0 Å². The fourth-order valence-electron chi connectivity index (χ4n) is 4.37. The molecule has 1 fully saturated rings. The van der Waals surface area contributed by atoms with Crippen LogP contribution in [0.5, 0.6) is 5.75 Å². The number of rotatable bonds is 9. The average Bonchev–Trinajstić information content (AvgIpc) is 3.12. The summed E-state index contributed by atoms with van der Waals surface area (Å²) in [6, 6.07) is 10.2. The van der Waals surface area contributed by atoms with Crippen molar-refractivity contribution in [2.45, 2.75) is 33.2 Å². The molecule has 0 aliphatic carbocycles. The topological polar surface area (TPSA) is 107 Å². The van der Waals surface area contributed by atoms with Gasteiger partial charge in [0.05, 0.1) is 29.9 Å². The Morgan fingerprint density at radius 3 is 2.34 bits per heavy atom. The van der Waals surface area contributed by atoms with E-state index in [9.17, 15) is 24.6 Å². The maximum absolute atomic E-state index is 13.2. The monoisotopic (exact) mass is 480 g/mol. The molecule has 8 heteroatoms. The molecule has 3 rings (SSSR count). The Hall–Kier alpha value is -3.65.